The van der Waals surface area contributed by atoms with Crippen molar-refractivity contribution in [2.24, 2.45) is 0 Å². The van der Waals surface area contributed by atoms with Gasteiger partial charge in [0.15, 0.2) is 0 Å². The Balaban J connectivity index is 1.82. The van der Waals surface area contributed by atoms with Crippen LogP contribution in [0.2, 0.25) is 0 Å². The Labute approximate surface area is 125 Å². The fourth-order valence-corrected chi connectivity index (χ4v) is 4.15. The van der Waals surface area contributed by atoms with E-state index < -0.39 is 10.0 Å². The molecule has 7 heteroatoms. The maximum Gasteiger partial charge on any atom is 0.211 e. The van der Waals surface area contributed by atoms with Crippen molar-refractivity contribution in [2.75, 3.05) is 39.0 Å². The number of nitrogens with zero attached hydrogens (tertiary/aromatic N) is 2. The summed E-state index contributed by atoms with van der Waals surface area (Å²) in [5.74, 6) is 0. The van der Waals surface area contributed by atoms with Crippen molar-refractivity contribution in [3.05, 3.63) is 21.9 Å². The SMILES string of the molecule is CCNCc1ccc(CN2CCN(S(C)(=O)=O)CC2)s1. The number of hydrogen-bond donors (Lipinski definition) is 1. The largest absolute Gasteiger partial charge is 0.312 e. The predicted molar refractivity (Wildman–Crippen MR) is 83.4 cm³/mol. The van der Waals surface area contributed by atoms with Gasteiger partial charge in [-0.15, -0.1) is 11.3 Å². The summed E-state index contributed by atoms with van der Waals surface area (Å²) < 4.78 is 24.5. The van der Waals surface area contributed by atoms with Crippen LogP contribution in [0.1, 0.15) is 16.7 Å². The molecular formula is C13H23N3O2S2. The molecule has 0 bridgehead atoms. The third kappa shape index (κ3) is 4.53. The number of sulfonamides is 1. The molecule has 1 aromatic rings. The van der Waals surface area contributed by atoms with Crippen molar-refractivity contribution in [1.29, 1.82) is 0 Å². The highest BCUT2D eigenvalue weighted by molar-refractivity contribution is 7.88. The van der Waals surface area contributed by atoms with Crippen LogP contribution in [0.25, 0.3) is 0 Å². The van der Waals surface area contributed by atoms with E-state index in [1.165, 1.54) is 16.0 Å². The first-order valence-corrected chi connectivity index (χ1v) is 9.61. The van der Waals surface area contributed by atoms with Crippen molar-refractivity contribution in [3.8, 4) is 0 Å². The molecule has 0 unspecified atom stereocenters. The summed E-state index contributed by atoms with van der Waals surface area (Å²) in [7, 11) is -3.03. The van der Waals surface area contributed by atoms with Crippen LogP contribution in [-0.4, -0.2) is 56.6 Å². The van der Waals surface area contributed by atoms with Gasteiger partial charge in [0.1, 0.15) is 0 Å². The Hall–Kier alpha value is -0.470. The van der Waals surface area contributed by atoms with Crippen LogP contribution in [-0.2, 0) is 23.1 Å². The third-order valence-electron chi connectivity index (χ3n) is 3.45. The highest BCUT2D eigenvalue weighted by Crippen LogP contribution is 2.19. The Morgan fingerprint density at radius 2 is 1.85 bits per heavy atom. The predicted octanol–water partition coefficient (Wildman–Crippen LogP) is 0.935. The van der Waals surface area contributed by atoms with Gasteiger partial charge in [0.25, 0.3) is 0 Å². The number of hydrogen-bond acceptors (Lipinski definition) is 5. The standard InChI is InChI=1S/C13H23N3O2S2/c1-3-14-10-12-4-5-13(19-12)11-15-6-8-16(9-7-15)20(2,17)18/h4-5,14H,3,6-11H2,1-2H3. The molecule has 1 aliphatic rings. The van der Waals surface area contributed by atoms with Gasteiger partial charge in [0, 0.05) is 49.0 Å². The zero-order valence-corrected chi connectivity index (χ0v) is 13.8. The Morgan fingerprint density at radius 3 is 2.45 bits per heavy atom. The van der Waals surface area contributed by atoms with Crippen LogP contribution >= 0.6 is 11.3 Å². The van der Waals surface area contributed by atoms with Gasteiger partial charge in [-0.25, -0.2) is 8.42 Å². The Kier molecular flexibility index (Phi) is 5.57. The lowest BCUT2D eigenvalue weighted by Gasteiger charge is -2.32. The highest BCUT2D eigenvalue weighted by atomic mass is 32.2. The molecular weight excluding hydrogens is 294 g/mol. The number of thiophene rings is 1. The Bertz CT molecular complexity index is 519. The molecule has 2 rings (SSSR count). The quantitative estimate of drug-likeness (QED) is 0.848. The summed E-state index contributed by atoms with van der Waals surface area (Å²) in [4.78, 5) is 5.03. The maximum atomic E-state index is 11.5. The molecule has 1 saturated heterocycles. The fraction of sp³-hybridized carbons (Fsp3) is 0.692. The van der Waals surface area contributed by atoms with Crippen LogP contribution in [0, 0.1) is 0 Å². The van der Waals surface area contributed by atoms with E-state index in [2.05, 4.69) is 29.3 Å². The number of rotatable bonds is 6. The van der Waals surface area contributed by atoms with E-state index in [1.54, 1.807) is 4.31 Å². The van der Waals surface area contributed by atoms with Gasteiger partial charge >= 0.3 is 0 Å². The summed E-state index contributed by atoms with van der Waals surface area (Å²) in [5.41, 5.74) is 0. The second kappa shape index (κ2) is 7.00. The molecule has 0 spiro atoms. The van der Waals surface area contributed by atoms with Gasteiger partial charge in [-0.2, -0.15) is 4.31 Å². The summed E-state index contributed by atoms with van der Waals surface area (Å²) in [6.45, 7) is 7.79. The third-order valence-corrected chi connectivity index (χ3v) is 5.82. The lowest BCUT2D eigenvalue weighted by molar-refractivity contribution is 0.183. The molecule has 0 radical (unpaired) electrons. The van der Waals surface area contributed by atoms with E-state index in [0.29, 0.717) is 13.1 Å². The molecule has 5 nitrogen and oxygen atoms in total. The summed E-state index contributed by atoms with van der Waals surface area (Å²) in [6, 6.07) is 4.36. The minimum atomic E-state index is -3.03. The molecule has 0 saturated carbocycles. The second-order valence-corrected chi connectivity index (χ2v) is 8.32. The fourth-order valence-electron chi connectivity index (χ4n) is 2.29. The molecule has 1 N–H and O–H groups in total. The first-order valence-electron chi connectivity index (χ1n) is 6.95. The van der Waals surface area contributed by atoms with E-state index in [-0.39, 0.29) is 0 Å². The molecule has 2 heterocycles. The molecule has 0 aliphatic carbocycles. The molecule has 114 valence electrons. The van der Waals surface area contributed by atoms with Crippen molar-refractivity contribution < 1.29 is 8.42 Å². The van der Waals surface area contributed by atoms with E-state index >= 15 is 0 Å². The molecule has 1 fully saturated rings. The van der Waals surface area contributed by atoms with Crippen molar-refractivity contribution in [1.82, 2.24) is 14.5 Å². The van der Waals surface area contributed by atoms with Crippen LogP contribution < -0.4 is 5.32 Å². The molecule has 0 atom stereocenters. The van der Waals surface area contributed by atoms with Crippen LogP contribution in [0.5, 0.6) is 0 Å². The van der Waals surface area contributed by atoms with Crippen LogP contribution in [0.4, 0.5) is 0 Å². The monoisotopic (exact) mass is 317 g/mol. The average molecular weight is 317 g/mol. The minimum absolute atomic E-state index is 0.606. The molecule has 0 aromatic carbocycles. The van der Waals surface area contributed by atoms with Crippen molar-refractivity contribution >= 4 is 21.4 Å². The second-order valence-electron chi connectivity index (χ2n) is 5.09. The lowest BCUT2D eigenvalue weighted by Crippen LogP contribution is -2.47. The van der Waals surface area contributed by atoms with Crippen LogP contribution in [0.15, 0.2) is 12.1 Å². The van der Waals surface area contributed by atoms with Gasteiger partial charge in [0.2, 0.25) is 10.0 Å². The van der Waals surface area contributed by atoms with E-state index in [9.17, 15) is 8.42 Å². The number of nitrogens with one attached hydrogen (secondary N) is 1. The number of piperazine rings is 1. The first-order chi connectivity index (χ1) is 9.49. The maximum absolute atomic E-state index is 11.5. The molecule has 20 heavy (non-hydrogen) atoms. The Morgan fingerprint density at radius 1 is 1.20 bits per heavy atom. The van der Waals surface area contributed by atoms with Crippen LogP contribution in [0.3, 0.4) is 0 Å². The zero-order valence-electron chi connectivity index (χ0n) is 12.1. The van der Waals surface area contributed by atoms with E-state index in [1.807, 2.05) is 11.3 Å². The molecule has 1 aliphatic heterocycles. The average Bonchev–Trinajstić information content (AvgIpc) is 2.83. The van der Waals surface area contributed by atoms with Gasteiger partial charge in [-0.1, -0.05) is 6.92 Å². The topological polar surface area (TPSA) is 52.6 Å². The highest BCUT2D eigenvalue weighted by Gasteiger charge is 2.23. The molecule has 1 aromatic heterocycles. The summed E-state index contributed by atoms with van der Waals surface area (Å²) in [5, 5.41) is 3.33. The summed E-state index contributed by atoms with van der Waals surface area (Å²) in [6.07, 6.45) is 1.29. The van der Waals surface area contributed by atoms with Gasteiger partial charge in [0.05, 0.1) is 6.26 Å². The van der Waals surface area contributed by atoms with Gasteiger partial charge in [-0.3, -0.25) is 4.90 Å². The minimum Gasteiger partial charge on any atom is -0.312 e. The lowest BCUT2D eigenvalue weighted by atomic mass is 10.3. The molecule has 0 amide bonds. The van der Waals surface area contributed by atoms with Gasteiger partial charge in [-0.05, 0) is 18.7 Å². The van der Waals surface area contributed by atoms with Gasteiger partial charge < -0.3 is 5.32 Å². The van der Waals surface area contributed by atoms with Crippen molar-refractivity contribution in [2.45, 2.75) is 20.0 Å². The normalized spacial score (nSPS) is 18.5. The van der Waals surface area contributed by atoms with E-state index in [0.717, 1.165) is 32.7 Å². The zero-order chi connectivity index (χ0) is 14.6. The smallest absolute Gasteiger partial charge is 0.211 e. The van der Waals surface area contributed by atoms with Crippen molar-refractivity contribution in [3.63, 3.8) is 0 Å². The summed E-state index contributed by atoms with van der Waals surface area (Å²) >= 11 is 1.84. The van der Waals surface area contributed by atoms with E-state index in [4.69, 9.17) is 0 Å². The first kappa shape index (κ1) is 15.9.